The monoisotopic (exact) mass is 366 g/mol. The third kappa shape index (κ3) is 5.15. The minimum absolute atomic E-state index is 0. The average molecular weight is 367 g/mol. The lowest BCUT2D eigenvalue weighted by Gasteiger charge is -2.30. The van der Waals surface area contributed by atoms with E-state index in [1.54, 1.807) is 0 Å². The summed E-state index contributed by atoms with van der Waals surface area (Å²) in [6, 6.07) is 7.39. The highest BCUT2D eigenvalue weighted by Gasteiger charge is 2.25. The summed E-state index contributed by atoms with van der Waals surface area (Å²) in [6.45, 7) is 4.84. The van der Waals surface area contributed by atoms with Crippen molar-refractivity contribution in [3.8, 4) is 0 Å². The number of benzene rings is 1. The van der Waals surface area contributed by atoms with Crippen LogP contribution in [0.15, 0.2) is 28.8 Å². The Hall–Kier alpha value is -2.16. The number of anilines is 1. The minimum atomic E-state index is -0.309. The van der Waals surface area contributed by atoms with Crippen LogP contribution in [-0.2, 0) is 6.54 Å². The Labute approximate surface area is 152 Å². The Morgan fingerprint density at radius 3 is 3.08 bits per heavy atom. The van der Waals surface area contributed by atoms with Crippen LogP contribution < -0.4 is 16.0 Å². The van der Waals surface area contributed by atoms with Gasteiger partial charge in [0.05, 0.1) is 12.6 Å². The van der Waals surface area contributed by atoms with Gasteiger partial charge in [-0.25, -0.2) is 4.79 Å². The summed E-state index contributed by atoms with van der Waals surface area (Å²) in [5.41, 5.74) is 1.83. The molecule has 1 atom stereocenters. The molecule has 0 aliphatic carbocycles. The lowest BCUT2D eigenvalue weighted by Crippen LogP contribution is -2.44. The van der Waals surface area contributed by atoms with E-state index >= 15 is 0 Å². The Balaban J connectivity index is 0.00000225. The number of piperazine rings is 1. The molecule has 2 heterocycles. The molecule has 2 aromatic rings. The van der Waals surface area contributed by atoms with Crippen molar-refractivity contribution in [1.82, 2.24) is 25.7 Å². The molecule has 1 aliphatic rings. The van der Waals surface area contributed by atoms with E-state index in [9.17, 15) is 4.79 Å². The minimum Gasteiger partial charge on any atom is -0.337 e. The van der Waals surface area contributed by atoms with Crippen LogP contribution >= 0.6 is 12.4 Å². The number of nitrogens with one attached hydrogen (secondary N) is 3. The van der Waals surface area contributed by atoms with Gasteiger partial charge in [-0.2, -0.15) is 4.98 Å². The van der Waals surface area contributed by atoms with Gasteiger partial charge in [0.2, 0.25) is 5.89 Å². The molecule has 1 aromatic heterocycles. The van der Waals surface area contributed by atoms with Crippen LogP contribution in [0.3, 0.4) is 0 Å². The Bertz CT molecular complexity index is 707. The van der Waals surface area contributed by atoms with Crippen molar-refractivity contribution in [3.05, 3.63) is 41.5 Å². The molecular formula is C16H23ClN6O2. The normalized spacial score (nSPS) is 17.6. The van der Waals surface area contributed by atoms with Gasteiger partial charge in [0.15, 0.2) is 5.82 Å². The smallest absolute Gasteiger partial charge is 0.319 e. The highest BCUT2D eigenvalue weighted by molar-refractivity contribution is 5.89. The second-order valence-electron chi connectivity index (χ2n) is 5.92. The molecule has 1 saturated heterocycles. The second-order valence-corrected chi connectivity index (χ2v) is 5.92. The number of hydrogen-bond acceptors (Lipinski definition) is 6. The maximum Gasteiger partial charge on any atom is 0.319 e. The van der Waals surface area contributed by atoms with E-state index in [0.717, 1.165) is 30.9 Å². The van der Waals surface area contributed by atoms with Crippen molar-refractivity contribution in [2.24, 2.45) is 0 Å². The highest BCUT2D eigenvalue weighted by Crippen LogP contribution is 2.17. The van der Waals surface area contributed by atoms with E-state index in [4.69, 9.17) is 4.52 Å². The number of rotatable bonds is 4. The third-order valence-corrected chi connectivity index (χ3v) is 3.97. The van der Waals surface area contributed by atoms with E-state index in [1.807, 2.05) is 38.2 Å². The van der Waals surface area contributed by atoms with Gasteiger partial charge in [-0.05, 0) is 31.7 Å². The fourth-order valence-electron chi connectivity index (χ4n) is 2.62. The molecule has 3 rings (SSSR count). The van der Waals surface area contributed by atoms with Crippen molar-refractivity contribution in [3.63, 3.8) is 0 Å². The molecule has 25 heavy (non-hydrogen) atoms. The predicted molar refractivity (Wildman–Crippen MR) is 96.8 cm³/mol. The molecule has 3 N–H and O–H groups in total. The predicted octanol–water partition coefficient (Wildman–Crippen LogP) is 1.70. The molecule has 136 valence electrons. The first-order valence-electron chi connectivity index (χ1n) is 7.97. The first-order valence-corrected chi connectivity index (χ1v) is 7.97. The molecule has 1 aliphatic heterocycles. The number of amides is 2. The first-order chi connectivity index (χ1) is 11.6. The van der Waals surface area contributed by atoms with Crippen LogP contribution in [-0.4, -0.2) is 47.8 Å². The zero-order valence-corrected chi connectivity index (χ0v) is 15.1. The number of carbonyl (C=O) groups is 1. The zero-order valence-electron chi connectivity index (χ0n) is 14.3. The molecule has 1 fully saturated rings. The van der Waals surface area contributed by atoms with E-state index in [-0.39, 0.29) is 31.0 Å². The molecule has 9 heteroatoms. The maximum atomic E-state index is 11.9. The Morgan fingerprint density at radius 1 is 1.48 bits per heavy atom. The number of halogens is 1. The summed E-state index contributed by atoms with van der Waals surface area (Å²) in [4.78, 5) is 18.5. The first kappa shape index (κ1) is 19.2. The fourth-order valence-corrected chi connectivity index (χ4v) is 2.62. The van der Waals surface area contributed by atoms with Gasteiger partial charge in [-0.3, -0.25) is 4.90 Å². The van der Waals surface area contributed by atoms with E-state index in [2.05, 4.69) is 31.0 Å². The topological polar surface area (TPSA) is 95.3 Å². The average Bonchev–Trinajstić information content (AvgIpc) is 3.02. The lowest BCUT2D eigenvalue weighted by molar-refractivity contribution is 0.190. The molecule has 0 bridgehead atoms. The van der Waals surface area contributed by atoms with Crippen LogP contribution in [0, 0.1) is 6.92 Å². The Morgan fingerprint density at radius 2 is 2.32 bits per heavy atom. The number of aryl methyl sites for hydroxylation is 1. The summed E-state index contributed by atoms with van der Waals surface area (Å²) in [5.74, 6) is 1.03. The molecule has 0 saturated carbocycles. The molecule has 1 aromatic carbocycles. The summed E-state index contributed by atoms with van der Waals surface area (Å²) in [7, 11) is 2.04. The molecule has 8 nitrogen and oxygen atoms in total. The van der Waals surface area contributed by atoms with Gasteiger partial charge in [0, 0.05) is 25.3 Å². The number of urea groups is 1. The van der Waals surface area contributed by atoms with Gasteiger partial charge in [0.25, 0.3) is 0 Å². The van der Waals surface area contributed by atoms with E-state index < -0.39 is 0 Å². The molecular weight excluding hydrogens is 344 g/mol. The van der Waals surface area contributed by atoms with Gasteiger partial charge in [-0.15, -0.1) is 12.4 Å². The zero-order chi connectivity index (χ0) is 16.9. The van der Waals surface area contributed by atoms with Crippen molar-refractivity contribution in [2.45, 2.75) is 19.5 Å². The summed E-state index contributed by atoms with van der Waals surface area (Å²) in [6.07, 6.45) is 0. The maximum absolute atomic E-state index is 11.9. The SMILES string of the molecule is Cc1cccc(NC(=O)NCc2nc(C3CNCCN3C)no2)c1.Cl. The highest BCUT2D eigenvalue weighted by atomic mass is 35.5. The fraction of sp³-hybridized carbons (Fsp3) is 0.438. The van der Waals surface area contributed by atoms with Crippen molar-refractivity contribution in [1.29, 1.82) is 0 Å². The quantitative estimate of drug-likeness (QED) is 0.762. The standard InChI is InChI=1S/C16H22N6O2.ClH/c1-11-4-3-5-12(8-11)19-16(23)18-10-14-20-15(21-24-14)13-9-17-6-7-22(13)2;/h3-5,8,13,17H,6-7,9-10H2,1-2H3,(H2,18,19,23);1H. The van der Waals surface area contributed by atoms with Crippen molar-refractivity contribution < 1.29 is 9.32 Å². The number of aromatic nitrogens is 2. The molecule has 1 unspecified atom stereocenters. The van der Waals surface area contributed by atoms with Crippen molar-refractivity contribution in [2.75, 3.05) is 32.0 Å². The number of nitrogens with zero attached hydrogens (tertiary/aromatic N) is 3. The summed E-state index contributed by atoms with van der Waals surface area (Å²) < 4.78 is 5.23. The van der Waals surface area contributed by atoms with Crippen LogP contribution in [0.1, 0.15) is 23.3 Å². The third-order valence-electron chi connectivity index (χ3n) is 3.97. The molecule has 0 spiro atoms. The number of carbonyl (C=O) groups excluding carboxylic acids is 1. The van der Waals surface area contributed by atoms with Crippen LogP contribution in [0.25, 0.3) is 0 Å². The second kappa shape index (κ2) is 8.80. The van der Waals surface area contributed by atoms with E-state index in [1.165, 1.54) is 0 Å². The lowest BCUT2D eigenvalue weighted by atomic mass is 10.2. The molecule has 2 amide bonds. The van der Waals surface area contributed by atoms with Crippen LogP contribution in [0.5, 0.6) is 0 Å². The van der Waals surface area contributed by atoms with Gasteiger partial charge >= 0.3 is 6.03 Å². The molecule has 0 radical (unpaired) electrons. The Kier molecular flexibility index (Phi) is 6.74. The van der Waals surface area contributed by atoms with Gasteiger partial charge in [-0.1, -0.05) is 17.3 Å². The van der Waals surface area contributed by atoms with Crippen LogP contribution in [0.2, 0.25) is 0 Å². The van der Waals surface area contributed by atoms with Crippen LogP contribution in [0.4, 0.5) is 10.5 Å². The number of likely N-dealkylation sites (N-methyl/N-ethyl adjacent to an activating group) is 1. The largest absolute Gasteiger partial charge is 0.337 e. The summed E-state index contributed by atoms with van der Waals surface area (Å²) >= 11 is 0. The van der Waals surface area contributed by atoms with E-state index in [0.29, 0.717) is 11.7 Å². The number of hydrogen-bond donors (Lipinski definition) is 3. The van der Waals surface area contributed by atoms with Gasteiger partial charge < -0.3 is 20.5 Å². The van der Waals surface area contributed by atoms with Gasteiger partial charge in [0.1, 0.15) is 0 Å². The summed E-state index contributed by atoms with van der Waals surface area (Å²) in [5, 5.41) is 12.8. The van der Waals surface area contributed by atoms with Crippen molar-refractivity contribution >= 4 is 24.1 Å².